The molecule has 1 aliphatic rings. The van der Waals surface area contributed by atoms with Crippen molar-refractivity contribution in [2.45, 2.75) is 88.9 Å². The lowest BCUT2D eigenvalue weighted by atomic mass is 9.88. The van der Waals surface area contributed by atoms with E-state index in [9.17, 15) is 19.7 Å². The van der Waals surface area contributed by atoms with E-state index in [1.165, 1.54) is 24.9 Å². The zero-order valence-electron chi connectivity index (χ0n) is 19.9. The fraction of sp³-hybridized carbons (Fsp3) is 0.750. The van der Waals surface area contributed by atoms with Crippen molar-refractivity contribution in [1.29, 1.82) is 0 Å². The molecule has 192 valence electrons. The Kier molecular flexibility index (Phi) is 7.96. The Morgan fingerprint density at radius 1 is 1.24 bits per heavy atom. The van der Waals surface area contributed by atoms with E-state index >= 15 is 0 Å². The summed E-state index contributed by atoms with van der Waals surface area (Å²) in [6.07, 6.45) is -2.23. The first-order chi connectivity index (χ1) is 15.9. The Bertz CT molecular complexity index is 1060. The van der Waals surface area contributed by atoms with E-state index in [-0.39, 0.29) is 35.1 Å². The van der Waals surface area contributed by atoms with E-state index in [4.69, 9.17) is 31.3 Å². The molecule has 1 saturated heterocycles. The zero-order valence-corrected chi connectivity index (χ0v) is 21.5. The lowest BCUT2D eigenvalue weighted by Gasteiger charge is -2.40. The summed E-state index contributed by atoms with van der Waals surface area (Å²) in [4.78, 5) is 22.9. The van der Waals surface area contributed by atoms with Crippen LogP contribution in [0.3, 0.4) is 0 Å². The summed E-state index contributed by atoms with van der Waals surface area (Å²) in [6.45, 7) is 6.89. The molecule has 5 N–H and O–H groups in total. The van der Waals surface area contributed by atoms with Gasteiger partial charge in [0, 0.05) is 13.5 Å². The Labute approximate surface area is 202 Å². The molecule has 1 aliphatic heterocycles. The molecular formula is C20H33ClN5O7P. The lowest BCUT2D eigenvalue weighted by molar-refractivity contribution is -0.0769. The average molecular weight is 522 g/mol. The van der Waals surface area contributed by atoms with Gasteiger partial charge in [-0.2, -0.15) is 9.97 Å². The predicted molar refractivity (Wildman–Crippen MR) is 125 cm³/mol. The molecule has 2 aromatic heterocycles. The molecule has 0 saturated carbocycles. The van der Waals surface area contributed by atoms with Gasteiger partial charge in [-0.3, -0.25) is 13.7 Å². The number of nitrogen functional groups attached to an aromatic ring is 1. The van der Waals surface area contributed by atoms with E-state index in [0.717, 1.165) is 0 Å². The fourth-order valence-corrected chi connectivity index (χ4v) is 6.00. The number of hydrogen-bond acceptors (Lipinski definition) is 10. The molecular weight excluding hydrogens is 489 g/mol. The van der Waals surface area contributed by atoms with Crippen LogP contribution in [0.2, 0.25) is 5.15 Å². The maximum atomic E-state index is 13.2. The zero-order chi connectivity index (χ0) is 25.5. The Balaban J connectivity index is 1.89. The first-order valence-corrected chi connectivity index (χ1v) is 13.1. The molecule has 12 nitrogen and oxygen atoms in total. The number of ether oxygens (including phenoxy) is 2. The van der Waals surface area contributed by atoms with Crippen LogP contribution < -0.4 is 5.73 Å². The molecule has 0 radical (unpaired) electrons. The number of halogens is 1. The van der Waals surface area contributed by atoms with Crippen LogP contribution in [-0.2, 0) is 18.6 Å². The normalized spacial score (nSPS) is 27.1. The summed E-state index contributed by atoms with van der Waals surface area (Å²) < 4.78 is 31.9. The summed E-state index contributed by atoms with van der Waals surface area (Å²) in [6, 6.07) is 0. The molecule has 6 unspecified atom stereocenters. The summed E-state index contributed by atoms with van der Waals surface area (Å²) in [5.74, 6) is -0.0796. The van der Waals surface area contributed by atoms with Crippen LogP contribution in [0.25, 0.3) is 11.2 Å². The SMILES string of the molecule is CCC(CC)(CC1OC(n2cnc3c(Cl)nc(N)nc32)C(O)C1O)OP(=O)(O)C(C)(CC)OC. The highest BCUT2D eigenvalue weighted by Gasteiger charge is 2.52. The second-order valence-corrected chi connectivity index (χ2v) is 11.2. The molecule has 1 fully saturated rings. The minimum atomic E-state index is -4.25. The number of nitrogens with two attached hydrogens (primary N) is 1. The quantitative estimate of drug-likeness (QED) is 0.267. The third kappa shape index (κ3) is 4.70. The third-order valence-corrected chi connectivity index (χ3v) is 9.47. The number of hydrogen-bond donors (Lipinski definition) is 4. The molecule has 0 aliphatic carbocycles. The third-order valence-electron chi connectivity index (χ3n) is 6.88. The van der Waals surface area contributed by atoms with Crippen LogP contribution in [0.4, 0.5) is 5.95 Å². The maximum absolute atomic E-state index is 13.2. The Morgan fingerprint density at radius 2 is 1.88 bits per heavy atom. The molecule has 34 heavy (non-hydrogen) atoms. The molecule has 0 aromatic carbocycles. The van der Waals surface area contributed by atoms with Crippen molar-refractivity contribution >= 4 is 36.3 Å². The van der Waals surface area contributed by atoms with Gasteiger partial charge in [0.05, 0.1) is 18.0 Å². The van der Waals surface area contributed by atoms with E-state index in [0.29, 0.717) is 12.8 Å². The van der Waals surface area contributed by atoms with Crippen LogP contribution in [0.5, 0.6) is 0 Å². The number of imidazole rings is 1. The highest BCUT2D eigenvalue weighted by Crippen LogP contribution is 2.61. The first-order valence-electron chi connectivity index (χ1n) is 11.1. The van der Waals surface area contributed by atoms with Crippen molar-refractivity contribution in [3.8, 4) is 0 Å². The summed E-state index contributed by atoms with van der Waals surface area (Å²) in [5.41, 5.74) is 5.09. The lowest BCUT2D eigenvalue weighted by Crippen LogP contribution is -2.42. The van der Waals surface area contributed by atoms with Gasteiger partial charge in [0.1, 0.15) is 17.7 Å². The van der Waals surface area contributed by atoms with Gasteiger partial charge in [-0.25, -0.2) is 4.98 Å². The highest BCUT2D eigenvalue weighted by molar-refractivity contribution is 7.54. The Hall–Kier alpha value is -1.37. The van der Waals surface area contributed by atoms with Crippen molar-refractivity contribution in [2.24, 2.45) is 0 Å². The van der Waals surface area contributed by atoms with Gasteiger partial charge >= 0.3 is 7.60 Å². The van der Waals surface area contributed by atoms with E-state index in [2.05, 4.69) is 15.0 Å². The maximum Gasteiger partial charge on any atom is 0.359 e. The number of aromatic nitrogens is 4. The average Bonchev–Trinajstić information content (AvgIpc) is 3.33. The van der Waals surface area contributed by atoms with Crippen molar-refractivity contribution in [1.82, 2.24) is 19.5 Å². The summed E-state index contributed by atoms with van der Waals surface area (Å²) in [7, 11) is -2.89. The van der Waals surface area contributed by atoms with Gasteiger partial charge < -0.3 is 30.3 Å². The number of aliphatic hydroxyl groups excluding tert-OH is 2. The van der Waals surface area contributed by atoms with Gasteiger partial charge in [0.25, 0.3) is 0 Å². The topological polar surface area (TPSA) is 175 Å². The second kappa shape index (κ2) is 9.94. The van der Waals surface area contributed by atoms with Crippen LogP contribution in [-0.4, -0.2) is 71.0 Å². The van der Waals surface area contributed by atoms with Gasteiger partial charge in [-0.1, -0.05) is 32.4 Å². The number of fused-ring (bicyclic) bond motifs is 1. The number of anilines is 1. The number of aliphatic hydroxyl groups is 2. The highest BCUT2D eigenvalue weighted by atomic mass is 35.5. The van der Waals surface area contributed by atoms with Crippen molar-refractivity contribution in [2.75, 3.05) is 12.8 Å². The summed E-state index contributed by atoms with van der Waals surface area (Å²) >= 11 is 6.09. The number of nitrogens with zero attached hydrogens (tertiary/aromatic N) is 4. The first kappa shape index (κ1) is 27.2. The van der Waals surface area contributed by atoms with Gasteiger partial charge in [0.2, 0.25) is 5.95 Å². The van der Waals surface area contributed by atoms with Crippen LogP contribution in [0.15, 0.2) is 6.33 Å². The molecule has 14 heteroatoms. The fourth-order valence-electron chi connectivity index (χ4n) is 4.10. The largest absolute Gasteiger partial charge is 0.388 e. The predicted octanol–water partition coefficient (Wildman–Crippen LogP) is 2.60. The second-order valence-electron chi connectivity index (χ2n) is 8.68. The molecule has 3 rings (SSSR count). The van der Waals surface area contributed by atoms with E-state index < -0.39 is 43.1 Å². The standard InChI is InChI=1S/C20H33ClN5O7P/c1-6-19(4,31-5)34(29,30)33-20(7-2,8-3)9-11-13(27)14(28)17(32-11)26-10-23-12-15(21)24-18(22)25-16(12)26/h10-11,13-14,17,27-28H,6-9H2,1-5H3,(H,29,30)(H2,22,24,25). The minimum Gasteiger partial charge on any atom is -0.388 e. The van der Waals surface area contributed by atoms with Crippen molar-refractivity contribution in [3.05, 3.63) is 11.5 Å². The Morgan fingerprint density at radius 3 is 2.44 bits per heavy atom. The monoisotopic (exact) mass is 521 g/mol. The van der Waals surface area contributed by atoms with E-state index in [1.807, 2.05) is 13.8 Å². The van der Waals surface area contributed by atoms with Crippen molar-refractivity contribution in [3.63, 3.8) is 0 Å². The van der Waals surface area contributed by atoms with Crippen LogP contribution in [0, 0.1) is 0 Å². The van der Waals surface area contributed by atoms with Crippen molar-refractivity contribution < 1.29 is 33.7 Å². The van der Waals surface area contributed by atoms with Crippen LogP contribution >= 0.6 is 19.2 Å². The smallest absolute Gasteiger partial charge is 0.359 e. The van der Waals surface area contributed by atoms with Gasteiger partial charge in [-0.05, 0) is 26.2 Å². The number of rotatable bonds is 10. The molecule has 3 heterocycles. The van der Waals surface area contributed by atoms with E-state index in [1.54, 1.807) is 6.92 Å². The molecule has 6 atom stereocenters. The molecule has 0 amide bonds. The number of methoxy groups -OCH3 is 1. The van der Waals surface area contributed by atoms with Gasteiger partial charge in [0.15, 0.2) is 22.4 Å². The molecule has 0 bridgehead atoms. The van der Waals surface area contributed by atoms with Crippen LogP contribution in [0.1, 0.15) is 59.6 Å². The summed E-state index contributed by atoms with van der Waals surface area (Å²) in [5, 5.41) is 20.2. The molecule has 2 aromatic rings. The minimum absolute atomic E-state index is 0.0473. The van der Waals surface area contributed by atoms with Gasteiger partial charge in [-0.15, -0.1) is 0 Å². The molecule has 0 spiro atoms.